The van der Waals surface area contributed by atoms with Crippen molar-refractivity contribution in [2.24, 2.45) is 5.22 Å². The number of unbranched alkanes of at least 4 members (excludes halogenated alkanes) is 24. The third kappa shape index (κ3) is 35.5. The molecule has 1 aromatic heterocycles. The molecule has 0 atom stereocenters. The number of nitrogens with zero attached hydrogens (tertiary/aromatic N) is 6. The number of carbonyl (C=O) groups is 2. The zero-order valence-corrected chi connectivity index (χ0v) is 42.2. The highest BCUT2D eigenvalue weighted by atomic mass is 16.5. The second kappa shape index (κ2) is 41.0. The van der Waals surface area contributed by atoms with Crippen LogP contribution in [0, 0.1) is 0 Å². The lowest BCUT2D eigenvalue weighted by Crippen LogP contribution is -2.30. The Morgan fingerprint density at radius 2 is 1.06 bits per heavy atom. The molecule has 11 nitrogen and oxygen atoms in total. The second-order valence-corrected chi connectivity index (χ2v) is 19.5. The van der Waals surface area contributed by atoms with Crippen molar-refractivity contribution in [3.8, 4) is 0 Å². The van der Waals surface area contributed by atoms with E-state index in [2.05, 4.69) is 35.8 Å². The van der Waals surface area contributed by atoms with Crippen LogP contribution in [0.2, 0.25) is 0 Å². The van der Waals surface area contributed by atoms with Gasteiger partial charge in [-0.3, -0.25) is 9.59 Å². The van der Waals surface area contributed by atoms with Gasteiger partial charge in [-0.15, -0.1) is 10.3 Å². The Labute approximate surface area is 387 Å². The highest BCUT2D eigenvalue weighted by Gasteiger charge is 2.20. The van der Waals surface area contributed by atoms with Crippen molar-refractivity contribution in [3.63, 3.8) is 0 Å². The summed E-state index contributed by atoms with van der Waals surface area (Å²) in [4.78, 5) is 32.4. The van der Waals surface area contributed by atoms with Crippen LogP contribution in [0.1, 0.15) is 266 Å². The molecule has 0 aliphatic rings. The van der Waals surface area contributed by atoms with E-state index in [1.165, 1.54) is 109 Å². The van der Waals surface area contributed by atoms with Crippen molar-refractivity contribution < 1.29 is 23.8 Å². The summed E-state index contributed by atoms with van der Waals surface area (Å²) in [5.74, 6) is -0.0324. The zero-order valence-electron chi connectivity index (χ0n) is 42.2. The molecule has 1 rings (SSSR count). The van der Waals surface area contributed by atoms with Crippen LogP contribution < -0.4 is 0 Å². The van der Waals surface area contributed by atoms with Gasteiger partial charge in [0.05, 0.1) is 24.9 Å². The van der Waals surface area contributed by atoms with Gasteiger partial charge in [0.1, 0.15) is 12.7 Å². The van der Waals surface area contributed by atoms with Crippen LogP contribution in [0.4, 0.5) is 0 Å². The van der Waals surface area contributed by atoms with E-state index in [4.69, 9.17) is 14.2 Å². The van der Waals surface area contributed by atoms with Crippen molar-refractivity contribution in [1.82, 2.24) is 14.4 Å². The number of hydrogen-bond acceptors (Lipinski definition) is 7. The van der Waals surface area contributed by atoms with Crippen LogP contribution in [0.5, 0.6) is 0 Å². The number of rotatable bonds is 46. The van der Waals surface area contributed by atoms with Crippen molar-refractivity contribution in [2.45, 2.75) is 285 Å². The number of ether oxygens (including phenoxy) is 3. The number of aryl methyl sites for hydroxylation is 1. The minimum atomic E-state index is -0.267. The molecule has 0 spiro atoms. The first-order valence-electron chi connectivity index (χ1n) is 26.7. The molecular formula is C52H100N6O5. The summed E-state index contributed by atoms with van der Waals surface area (Å²) in [6.07, 6.45) is 40.9. The summed E-state index contributed by atoms with van der Waals surface area (Å²) < 4.78 is 19.5. The maximum Gasteiger partial charge on any atom is 0.306 e. The van der Waals surface area contributed by atoms with Gasteiger partial charge >= 0.3 is 11.9 Å². The highest BCUT2D eigenvalue weighted by molar-refractivity contribution is 5.69. The molecule has 0 amide bonds. The van der Waals surface area contributed by atoms with Crippen molar-refractivity contribution >= 4 is 11.9 Å². The maximum atomic E-state index is 12.9. The maximum absolute atomic E-state index is 12.9. The van der Waals surface area contributed by atoms with Crippen molar-refractivity contribution in [3.05, 3.63) is 22.3 Å². The van der Waals surface area contributed by atoms with Gasteiger partial charge in [0.25, 0.3) is 0 Å². The van der Waals surface area contributed by atoms with Crippen LogP contribution in [-0.4, -0.2) is 64.3 Å². The molecule has 368 valence electrons. The van der Waals surface area contributed by atoms with Gasteiger partial charge in [0.2, 0.25) is 0 Å². The molecule has 0 aliphatic heterocycles. The van der Waals surface area contributed by atoms with Gasteiger partial charge in [-0.2, -0.15) is 4.91 Å². The molecule has 0 aliphatic carbocycles. The van der Waals surface area contributed by atoms with E-state index in [1.54, 1.807) is 4.79 Å². The molecule has 0 bridgehead atoms. The van der Waals surface area contributed by atoms with Crippen molar-refractivity contribution in [2.75, 3.05) is 26.2 Å². The fraction of sp³-hybridized carbons (Fsp3) is 0.923. The van der Waals surface area contributed by atoms with Gasteiger partial charge in [0.15, 0.2) is 5.69 Å². The number of carbonyl (C=O) groups excluding carboxylic acids is 2. The molecule has 0 unspecified atom stereocenters. The highest BCUT2D eigenvalue weighted by Crippen LogP contribution is 2.20. The van der Waals surface area contributed by atoms with Crippen LogP contribution in [0.25, 0.3) is 10.4 Å². The first kappa shape index (κ1) is 58.5. The smallest absolute Gasteiger partial charge is 0.306 e. The van der Waals surface area contributed by atoms with Crippen LogP contribution in [-0.2, 0) is 37.0 Å². The van der Waals surface area contributed by atoms with E-state index in [-0.39, 0.29) is 23.6 Å². The number of esters is 2. The number of aromatic nitrogens is 2. The molecule has 1 aromatic rings. The van der Waals surface area contributed by atoms with Crippen LogP contribution >= 0.6 is 0 Å². The summed E-state index contributed by atoms with van der Waals surface area (Å²) in [6, 6.07) is 0. The van der Waals surface area contributed by atoms with E-state index < -0.39 is 0 Å². The minimum absolute atomic E-state index is 0.00630. The molecule has 0 fully saturated rings. The number of azide groups is 1. The van der Waals surface area contributed by atoms with E-state index in [0.717, 1.165) is 128 Å². The molecule has 63 heavy (non-hydrogen) atoms. The molecule has 0 N–H and O–H groups in total. The first-order chi connectivity index (χ1) is 30.6. The average molecular weight is 889 g/mol. The standard InChI is InChI=1S/C52H100N6O5/c1-7-10-13-16-19-28-35-45-61-50(59)39-31-24-20-26-33-41-56(43-36-44-57-46-48(58(57)55-54-53)47-62-52(4,5)6)42-34-27-21-25-32-40-51(60)63-49(37-29-22-17-14-11-8-2)38-30-23-18-15-12-9-3/h46,49H,7-45,47H2,1-6H3. The third-order valence-electron chi connectivity index (χ3n) is 12.2. The fourth-order valence-electron chi connectivity index (χ4n) is 8.27. The molecule has 1 heterocycles. The average Bonchev–Trinajstić information content (AvgIpc) is 3.25. The quantitative estimate of drug-likeness (QED) is 0.0211. The largest absolute Gasteiger partial charge is 0.466 e. The van der Waals surface area contributed by atoms with Gasteiger partial charge < -0.3 is 19.1 Å². The monoisotopic (exact) mass is 889 g/mol. The number of hydrogen-bond donors (Lipinski definition) is 0. The second-order valence-electron chi connectivity index (χ2n) is 19.5. The molecule has 0 saturated carbocycles. The summed E-state index contributed by atoms with van der Waals surface area (Å²) in [6.45, 7) is 17.7. The lowest BCUT2D eigenvalue weighted by Gasteiger charge is -2.24. The van der Waals surface area contributed by atoms with Gasteiger partial charge in [-0.25, -0.2) is 4.68 Å². The lowest BCUT2D eigenvalue weighted by atomic mass is 10.0. The first-order valence-corrected chi connectivity index (χ1v) is 26.7. The van der Waals surface area contributed by atoms with Crippen LogP contribution in [0.15, 0.2) is 11.4 Å². The Bertz CT molecular complexity index is 1240. The summed E-state index contributed by atoms with van der Waals surface area (Å²) in [7, 11) is 0. The van der Waals surface area contributed by atoms with E-state index in [0.29, 0.717) is 26.1 Å². The molecule has 0 radical (unpaired) electrons. The summed E-state index contributed by atoms with van der Waals surface area (Å²) >= 11 is 0. The Balaban J connectivity index is 2.49. The Morgan fingerprint density at radius 1 is 0.619 bits per heavy atom. The molecular weight excluding hydrogens is 789 g/mol. The third-order valence-corrected chi connectivity index (χ3v) is 12.2. The summed E-state index contributed by atoms with van der Waals surface area (Å²) in [5, 5.41) is 3.90. The SMILES string of the molecule is CCCCCCCCCOC(=O)CCCCCCCN(CCCCCCCC(=O)OC(CCCCCCCC)CCCCCCCC)CCCn1cc(COC(C)(C)C)n1N=[N+]=[N-]. The van der Waals surface area contributed by atoms with Gasteiger partial charge in [0, 0.05) is 18.1 Å². The Hall–Kier alpha value is -2.49. The lowest BCUT2D eigenvalue weighted by molar-refractivity contribution is -0.150. The topological polar surface area (TPSA) is 124 Å². The van der Waals surface area contributed by atoms with Gasteiger partial charge in [-0.05, 0) is 105 Å². The Morgan fingerprint density at radius 3 is 1.57 bits per heavy atom. The zero-order chi connectivity index (χ0) is 46.1. The van der Waals surface area contributed by atoms with Gasteiger partial charge in [-0.1, -0.05) is 162 Å². The van der Waals surface area contributed by atoms with E-state index >= 15 is 0 Å². The molecule has 0 aromatic carbocycles. The molecule has 11 heteroatoms. The minimum Gasteiger partial charge on any atom is -0.466 e. The van der Waals surface area contributed by atoms with Crippen LogP contribution in [0.3, 0.4) is 0 Å². The summed E-state index contributed by atoms with van der Waals surface area (Å²) in [5.41, 5.74) is 9.78. The van der Waals surface area contributed by atoms with E-state index in [1.807, 2.05) is 31.6 Å². The Kier molecular flexibility index (Phi) is 38.1. The predicted octanol–water partition coefficient (Wildman–Crippen LogP) is 15.8. The normalized spacial score (nSPS) is 11.8. The fourth-order valence-corrected chi connectivity index (χ4v) is 8.27. The van der Waals surface area contributed by atoms with E-state index in [9.17, 15) is 15.1 Å². The molecule has 0 saturated heterocycles. The predicted molar refractivity (Wildman–Crippen MR) is 263 cm³/mol. The van der Waals surface area contributed by atoms with Crippen molar-refractivity contribution in [1.29, 1.82) is 0 Å².